The largest absolute Gasteiger partial charge is 0.370 e. The first kappa shape index (κ1) is 21.6. The Morgan fingerprint density at radius 2 is 1.60 bits per heavy atom. The number of nitrogens with two attached hydrogens (primary N) is 1. The lowest BCUT2D eigenvalue weighted by molar-refractivity contribution is -0.121. The fourth-order valence-electron chi connectivity index (χ4n) is 3.02. The lowest BCUT2D eigenvalue weighted by Crippen LogP contribution is -2.35. The quantitative estimate of drug-likeness (QED) is 0.515. The van der Waals surface area contributed by atoms with Crippen molar-refractivity contribution in [2.45, 2.75) is 36.2 Å². The Hall–Kier alpha value is -3.13. The molecule has 7 nitrogen and oxygen atoms in total. The Bertz CT molecular complexity index is 952. The molecule has 3 aromatic rings. The molecule has 2 amide bonds. The zero-order valence-corrected chi connectivity index (χ0v) is 17.8. The maximum absolute atomic E-state index is 13.0. The van der Waals surface area contributed by atoms with Gasteiger partial charge in [0.05, 0.1) is 11.3 Å². The number of carbonyl (C=O) groups excluding carboxylic acids is 2. The molecule has 0 radical (unpaired) electrons. The third-order valence-corrected chi connectivity index (χ3v) is 5.86. The predicted molar refractivity (Wildman–Crippen MR) is 117 cm³/mol. The first-order chi connectivity index (χ1) is 14.5. The molecule has 0 saturated heterocycles. The average molecular weight is 424 g/mol. The summed E-state index contributed by atoms with van der Waals surface area (Å²) in [5, 5.41) is 11.7. The van der Waals surface area contributed by atoms with Gasteiger partial charge >= 0.3 is 0 Å². The van der Waals surface area contributed by atoms with E-state index in [2.05, 4.69) is 15.5 Å². The van der Waals surface area contributed by atoms with Crippen LogP contribution in [0.4, 0.5) is 0 Å². The van der Waals surface area contributed by atoms with E-state index in [9.17, 15) is 9.59 Å². The normalized spacial score (nSPS) is 12.0. The molecule has 3 rings (SSSR count). The summed E-state index contributed by atoms with van der Waals surface area (Å²) in [7, 11) is 1.82. The van der Waals surface area contributed by atoms with Crippen LogP contribution in [0.15, 0.2) is 65.8 Å². The number of carbonyl (C=O) groups is 2. The SMILES string of the molecule is CC(Sc1nnc(CCC(N)=O)n1C)C(=O)NC(c1ccccc1)c1ccccc1. The molecular formula is C22H25N5O2S. The fourth-order valence-corrected chi connectivity index (χ4v) is 3.86. The van der Waals surface area contributed by atoms with Crippen molar-refractivity contribution in [3.8, 4) is 0 Å². The van der Waals surface area contributed by atoms with Crippen molar-refractivity contribution >= 4 is 23.6 Å². The first-order valence-corrected chi connectivity index (χ1v) is 10.6. The monoisotopic (exact) mass is 423 g/mol. The Labute approximate surface area is 180 Å². The molecule has 1 aromatic heterocycles. The maximum Gasteiger partial charge on any atom is 0.234 e. The number of nitrogens with one attached hydrogen (secondary N) is 1. The predicted octanol–water partition coefficient (Wildman–Crippen LogP) is 2.62. The van der Waals surface area contributed by atoms with E-state index in [1.807, 2.05) is 74.6 Å². The molecule has 0 aliphatic carbocycles. The van der Waals surface area contributed by atoms with Gasteiger partial charge in [0.25, 0.3) is 0 Å². The van der Waals surface area contributed by atoms with Gasteiger partial charge in [-0.15, -0.1) is 10.2 Å². The molecule has 1 atom stereocenters. The van der Waals surface area contributed by atoms with E-state index in [1.165, 1.54) is 11.8 Å². The number of hydrogen-bond donors (Lipinski definition) is 2. The number of hydrogen-bond acceptors (Lipinski definition) is 5. The standard InChI is InChI=1S/C22H25N5O2S/c1-15(30-22-26-25-19(27(22)2)14-13-18(23)28)21(29)24-20(16-9-5-3-6-10-16)17-11-7-4-8-12-17/h3-12,15,20H,13-14H2,1-2H3,(H2,23,28)(H,24,29). The second-order valence-electron chi connectivity index (χ2n) is 6.95. The zero-order chi connectivity index (χ0) is 21.5. The zero-order valence-electron chi connectivity index (χ0n) is 17.0. The molecular weight excluding hydrogens is 398 g/mol. The highest BCUT2D eigenvalue weighted by Crippen LogP contribution is 2.25. The number of aryl methyl sites for hydroxylation is 1. The fraction of sp³-hybridized carbons (Fsp3) is 0.273. The second-order valence-corrected chi connectivity index (χ2v) is 8.26. The summed E-state index contributed by atoms with van der Waals surface area (Å²) in [5.74, 6) is 0.183. The van der Waals surface area contributed by atoms with Gasteiger partial charge in [0.15, 0.2) is 5.16 Å². The molecule has 30 heavy (non-hydrogen) atoms. The number of benzene rings is 2. The van der Waals surface area contributed by atoms with Crippen molar-refractivity contribution in [1.82, 2.24) is 20.1 Å². The van der Waals surface area contributed by atoms with Crippen LogP contribution in [0.2, 0.25) is 0 Å². The first-order valence-electron chi connectivity index (χ1n) is 9.69. The van der Waals surface area contributed by atoms with Gasteiger partial charge in [-0.1, -0.05) is 72.4 Å². The maximum atomic E-state index is 13.0. The molecule has 0 fully saturated rings. The van der Waals surface area contributed by atoms with Crippen molar-refractivity contribution in [2.75, 3.05) is 0 Å². The van der Waals surface area contributed by atoms with Gasteiger partial charge in [0, 0.05) is 19.9 Å². The van der Waals surface area contributed by atoms with E-state index in [-0.39, 0.29) is 29.5 Å². The van der Waals surface area contributed by atoms with Crippen LogP contribution in [0.25, 0.3) is 0 Å². The lowest BCUT2D eigenvalue weighted by atomic mass is 9.98. The summed E-state index contributed by atoms with van der Waals surface area (Å²) >= 11 is 1.33. The van der Waals surface area contributed by atoms with E-state index < -0.39 is 0 Å². The van der Waals surface area contributed by atoms with Crippen molar-refractivity contribution in [1.29, 1.82) is 0 Å². The molecule has 0 aliphatic rings. The van der Waals surface area contributed by atoms with Gasteiger partial charge in [-0.05, 0) is 18.1 Å². The van der Waals surface area contributed by atoms with Gasteiger partial charge in [-0.25, -0.2) is 0 Å². The Kier molecular flexibility index (Phi) is 7.24. The molecule has 8 heteroatoms. The number of rotatable bonds is 9. The highest BCUT2D eigenvalue weighted by atomic mass is 32.2. The molecule has 0 aliphatic heterocycles. The number of amides is 2. The van der Waals surface area contributed by atoms with Crippen LogP contribution >= 0.6 is 11.8 Å². The van der Waals surface area contributed by atoms with Gasteiger partial charge in [0.1, 0.15) is 5.82 Å². The second kappa shape index (κ2) is 10.1. The molecule has 0 saturated carbocycles. The van der Waals surface area contributed by atoms with Crippen LogP contribution in [0.3, 0.4) is 0 Å². The summed E-state index contributed by atoms with van der Waals surface area (Å²) in [6.07, 6.45) is 0.632. The van der Waals surface area contributed by atoms with E-state index in [1.54, 1.807) is 4.57 Å². The van der Waals surface area contributed by atoms with Gasteiger partial charge < -0.3 is 15.6 Å². The van der Waals surface area contributed by atoms with Gasteiger partial charge in [0.2, 0.25) is 11.8 Å². The smallest absolute Gasteiger partial charge is 0.234 e. The average Bonchev–Trinajstić information content (AvgIpc) is 3.10. The van der Waals surface area contributed by atoms with E-state index in [0.717, 1.165) is 11.1 Å². The Morgan fingerprint density at radius 1 is 1.03 bits per heavy atom. The van der Waals surface area contributed by atoms with Crippen molar-refractivity contribution in [3.63, 3.8) is 0 Å². The van der Waals surface area contributed by atoms with E-state index in [0.29, 0.717) is 17.4 Å². The molecule has 2 aromatic carbocycles. The third kappa shape index (κ3) is 5.48. The minimum absolute atomic E-state index is 0.0978. The Balaban J connectivity index is 1.71. The molecule has 1 heterocycles. The molecule has 1 unspecified atom stereocenters. The highest BCUT2D eigenvalue weighted by molar-refractivity contribution is 8.00. The molecule has 0 spiro atoms. The van der Waals surface area contributed by atoms with E-state index in [4.69, 9.17) is 5.73 Å². The van der Waals surface area contributed by atoms with Crippen molar-refractivity contribution < 1.29 is 9.59 Å². The summed E-state index contributed by atoms with van der Waals surface area (Å²) in [4.78, 5) is 24.0. The summed E-state index contributed by atoms with van der Waals surface area (Å²) in [6.45, 7) is 1.84. The lowest BCUT2D eigenvalue weighted by Gasteiger charge is -2.22. The van der Waals surface area contributed by atoms with Crippen LogP contribution in [-0.4, -0.2) is 31.8 Å². The summed E-state index contributed by atoms with van der Waals surface area (Å²) in [5.41, 5.74) is 7.24. The molecule has 156 valence electrons. The van der Waals surface area contributed by atoms with Crippen LogP contribution in [0.1, 0.15) is 36.3 Å². The van der Waals surface area contributed by atoms with Crippen LogP contribution in [0.5, 0.6) is 0 Å². The van der Waals surface area contributed by atoms with Crippen LogP contribution < -0.4 is 11.1 Å². The van der Waals surface area contributed by atoms with Crippen LogP contribution in [-0.2, 0) is 23.1 Å². The van der Waals surface area contributed by atoms with Gasteiger partial charge in [-0.3, -0.25) is 9.59 Å². The molecule has 0 bridgehead atoms. The number of thioether (sulfide) groups is 1. The summed E-state index contributed by atoms with van der Waals surface area (Å²) < 4.78 is 1.79. The van der Waals surface area contributed by atoms with E-state index >= 15 is 0 Å². The molecule has 3 N–H and O–H groups in total. The van der Waals surface area contributed by atoms with Gasteiger partial charge in [-0.2, -0.15) is 0 Å². The van der Waals surface area contributed by atoms with Crippen molar-refractivity contribution in [2.24, 2.45) is 12.8 Å². The van der Waals surface area contributed by atoms with Crippen LogP contribution in [0, 0.1) is 0 Å². The summed E-state index contributed by atoms with van der Waals surface area (Å²) in [6, 6.07) is 19.5. The number of primary amides is 1. The number of nitrogens with zero attached hydrogens (tertiary/aromatic N) is 3. The number of aromatic nitrogens is 3. The minimum atomic E-state index is -0.383. The van der Waals surface area contributed by atoms with Crippen molar-refractivity contribution in [3.05, 3.63) is 77.6 Å². The topological polar surface area (TPSA) is 103 Å². The highest BCUT2D eigenvalue weighted by Gasteiger charge is 2.23. The minimum Gasteiger partial charge on any atom is -0.370 e. The Morgan fingerprint density at radius 3 is 2.13 bits per heavy atom. The third-order valence-electron chi connectivity index (χ3n) is 4.72.